The van der Waals surface area contributed by atoms with Gasteiger partial charge in [-0.15, -0.1) is 0 Å². The molecule has 1 amide bonds. The van der Waals surface area contributed by atoms with Crippen molar-refractivity contribution in [2.45, 2.75) is 20.4 Å². The summed E-state index contributed by atoms with van der Waals surface area (Å²) in [5, 5.41) is 2.96. The molecule has 23 heavy (non-hydrogen) atoms. The van der Waals surface area contributed by atoms with Gasteiger partial charge in [-0.25, -0.2) is 0 Å². The largest absolute Gasteiger partial charge is 0.492 e. The fourth-order valence-electron chi connectivity index (χ4n) is 2.47. The molecule has 0 bridgehead atoms. The first-order chi connectivity index (χ1) is 11.2. The molecular weight excluding hydrogens is 288 g/mol. The minimum atomic E-state index is 0.00457. The molecule has 0 saturated carbocycles. The van der Waals surface area contributed by atoms with Gasteiger partial charge in [0.05, 0.1) is 18.8 Å². The van der Waals surface area contributed by atoms with E-state index in [2.05, 4.69) is 24.4 Å². The molecule has 2 N–H and O–H groups in total. The molecule has 0 spiro atoms. The third kappa shape index (κ3) is 5.42. The van der Waals surface area contributed by atoms with Crippen molar-refractivity contribution in [3.63, 3.8) is 0 Å². The van der Waals surface area contributed by atoms with Gasteiger partial charge in [-0.1, -0.05) is 42.5 Å². The summed E-state index contributed by atoms with van der Waals surface area (Å²) in [5.41, 5.74) is 1.97. The molecule has 2 aromatic rings. The van der Waals surface area contributed by atoms with Crippen molar-refractivity contribution in [1.82, 2.24) is 0 Å². The van der Waals surface area contributed by atoms with E-state index in [9.17, 15) is 4.79 Å². The highest BCUT2D eigenvalue weighted by molar-refractivity contribution is 5.92. The molecule has 0 aromatic heterocycles. The van der Waals surface area contributed by atoms with Gasteiger partial charge in [-0.2, -0.15) is 0 Å². The molecule has 0 saturated heterocycles. The van der Waals surface area contributed by atoms with Crippen molar-refractivity contribution in [2.75, 3.05) is 25.0 Å². The van der Waals surface area contributed by atoms with E-state index < -0.39 is 0 Å². The summed E-state index contributed by atoms with van der Waals surface area (Å²) in [6.07, 6.45) is 0. The van der Waals surface area contributed by atoms with Crippen LogP contribution in [0.15, 0.2) is 54.6 Å². The number of para-hydroxylation sites is 2. The summed E-state index contributed by atoms with van der Waals surface area (Å²) in [4.78, 5) is 13.6. The number of hydrogen-bond acceptors (Lipinski definition) is 2. The van der Waals surface area contributed by atoms with E-state index in [0.717, 1.165) is 18.8 Å². The number of carbonyl (C=O) groups excluding carboxylic acids is 1. The summed E-state index contributed by atoms with van der Waals surface area (Å²) >= 11 is 0. The molecule has 0 aliphatic carbocycles. The molecule has 0 aliphatic heterocycles. The molecule has 2 aromatic carbocycles. The third-order valence-electron chi connectivity index (χ3n) is 3.67. The summed E-state index contributed by atoms with van der Waals surface area (Å²) in [6.45, 7) is 6.79. The van der Waals surface area contributed by atoms with Crippen LogP contribution in [-0.2, 0) is 11.3 Å². The second-order valence-electron chi connectivity index (χ2n) is 5.42. The maximum absolute atomic E-state index is 12.3. The van der Waals surface area contributed by atoms with Crippen molar-refractivity contribution in [3.05, 3.63) is 60.2 Å². The molecule has 0 fully saturated rings. The van der Waals surface area contributed by atoms with E-state index in [1.54, 1.807) is 0 Å². The first-order valence-electron chi connectivity index (χ1n) is 8.12. The quantitative estimate of drug-likeness (QED) is 0.784. The predicted octanol–water partition coefficient (Wildman–Crippen LogP) is 2.13. The van der Waals surface area contributed by atoms with E-state index in [1.165, 1.54) is 10.5 Å². The number of nitrogens with one attached hydrogen (secondary N) is 2. The zero-order valence-corrected chi connectivity index (χ0v) is 13.8. The van der Waals surface area contributed by atoms with Crippen LogP contribution < -0.4 is 15.0 Å². The Morgan fingerprint density at radius 2 is 1.74 bits per heavy atom. The molecule has 2 rings (SSSR count). The molecule has 1 unspecified atom stereocenters. The van der Waals surface area contributed by atoms with Crippen LogP contribution in [0, 0.1) is 0 Å². The second-order valence-corrected chi connectivity index (χ2v) is 5.42. The van der Waals surface area contributed by atoms with Gasteiger partial charge >= 0.3 is 0 Å². The monoisotopic (exact) mass is 313 g/mol. The van der Waals surface area contributed by atoms with E-state index in [0.29, 0.717) is 18.9 Å². The van der Waals surface area contributed by atoms with E-state index in [1.807, 2.05) is 49.4 Å². The number of likely N-dealkylation sites (N-methyl/N-ethyl adjacent to an activating group) is 1. The molecule has 0 radical (unpaired) electrons. The average molecular weight is 313 g/mol. The molecule has 122 valence electrons. The smallest absolute Gasteiger partial charge is 0.279 e. The Balaban J connectivity index is 1.95. The maximum atomic E-state index is 12.3. The highest BCUT2D eigenvalue weighted by Gasteiger charge is 2.14. The minimum absolute atomic E-state index is 0.00457. The zero-order chi connectivity index (χ0) is 16.5. The van der Waals surface area contributed by atoms with E-state index in [4.69, 9.17) is 4.74 Å². The number of rotatable bonds is 8. The van der Waals surface area contributed by atoms with Crippen LogP contribution in [0.2, 0.25) is 0 Å². The summed E-state index contributed by atoms with van der Waals surface area (Å²) in [7, 11) is 0. The van der Waals surface area contributed by atoms with Crippen LogP contribution in [0.25, 0.3) is 0 Å². The van der Waals surface area contributed by atoms with Gasteiger partial charge < -0.3 is 15.0 Å². The standard InChI is InChI=1S/C19H24N2O2/c1-3-21(14-16-10-6-5-7-11-16)15-19(22)20-17-12-8-9-13-18(17)23-4-2/h5-13H,3-4,14-15H2,1-2H3,(H,20,22)/p+1. The molecule has 1 atom stereocenters. The van der Waals surface area contributed by atoms with E-state index in [-0.39, 0.29) is 5.91 Å². The number of carbonyl (C=O) groups is 1. The third-order valence-corrected chi connectivity index (χ3v) is 3.67. The number of ether oxygens (including phenoxy) is 1. The van der Waals surface area contributed by atoms with Crippen LogP contribution in [0.1, 0.15) is 19.4 Å². The SMILES string of the molecule is CCOc1ccccc1NC(=O)C[NH+](CC)Cc1ccccc1. The Hall–Kier alpha value is -2.33. The Kier molecular flexibility index (Phi) is 6.63. The fourth-order valence-corrected chi connectivity index (χ4v) is 2.47. The number of amides is 1. The molecule has 0 heterocycles. The number of benzene rings is 2. The van der Waals surface area contributed by atoms with Crippen LogP contribution in [-0.4, -0.2) is 25.6 Å². The molecule has 4 nitrogen and oxygen atoms in total. The van der Waals surface area contributed by atoms with Gasteiger partial charge in [-0.3, -0.25) is 4.79 Å². The van der Waals surface area contributed by atoms with Crippen molar-refractivity contribution in [2.24, 2.45) is 0 Å². The van der Waals surface area contributed by atoms with Crippen molar-refractivity contribution < 1.29 is 14.4 Å². The Morgan fingerprint density at radius 3 is 2.43 bits per heavy atom. The topological polar surface area (TPSA) is 42.8 Å². The fraction of sp³-hybridized carbons (Fsp3) is 0.316. The van der Waals surface area contributed by atoms with Gasteiger partial charge in [-0.05, 0) is 26.0 Å². The number of hydrogen-bond donors (Lipinski definition) is 2. The van der Waals surface area contributed by atoms with Crippen LogP contribution >= 0.6 is 0 Å². The minimum Gasteiger partial charge on any atom is -0.492 e. The Morgan fingerprint density at radius 1 is 1.04 bits per heavy atom. The highest BCUT2D eigenvalue weighted by atomic mass is 16.5. The van der Waals surface area contributed by atoms with Crippen molar-refractivity contribution in [1.29, 1.82) is 0 Å². The van der Waals surface area contributed by atoms with Crippen LogP contribution in [0.5, 0.6) is 5.75 Å². The average Bonchev–Trinajstić information content (AvgIpc) is 2.57. The lowest BCUT2D eigenvalue weighted by atomic mass is 10.2. The van der Waals surface area contributed by atoms with Crippen molar-refractivity contribution in [3.8, 4) is 5.75 Å². The van der Waals surface area contributed by atoms with Gasteiger partial charge in [0.25, 0.3) is 5.91 Å². The summed E-state index contributed by atoms with van der Waals surface area (Å²) < 4.78 is 5.54. The number of anilines is 1. The highest BCUT2D eigenvalue weighted by Crippen LogP contribution is 2.23. The summed E-state index contributed by atoms with van der Waals surface area (Å²) in [5.74, 6) is 0.717. The van der Waals surface area contributed by atoms with Crippen molar-refractivity contribution >= 4 is 11.6 Å². The molecular formula is C19H25N2O2+. The van der Waals surface area contributed by atoms with Gasteiger partial charge in [0.2, 0.25) is 0 Å². The predicted molar refractivity (Wildman–Crippen MR) is 92.8 cm³/mol. The van der Waals surface area contributed by atoms with E-state index >= 15 is 0 Å². The Labute approximate surface area is 138 Å². The normalized spacial score (nSPS) is 11.7. The first-order valence-corrected chi connectivity index (χ1v) is 8.12. The first kappa shape index (κ1) is 17.0. The summed E-state index contributed by atoms with van der Waals surface area (Å²) in [6, 6.07) is 17.8. The second kappa shape index (κ2) is 8.96. The lowest BCUT2D eigenvalue weighted by molar-refractivity contribution is -0.903. The Bertz CT molecular complexity index is 614. The lowest BCUT2D eigenvalue weighted by Crippen LogP contribution is -3.11. The number of quaternary nitrogens is 1. The van der Waals surface area contributed by atoms with Gasteiger partial charge in [0, 0.05) is 5.56 Å². The van der Waals surface area contributed by atoms with Gasteiger partial charge in [0.15, 0.2) is 6.54 Å². The lowest BCUT2D eigenvalue weighted by Gasteiger charge is -2.18. The molecule has 4 heteroatoms. The van der Waals surface area contributed by atoms with Gasteiger partial charge in [0.1, 0.15) is 12.3 Å². The maximum Gasteiger partial charge on any atom is 0.279 e. The molecule has 0 aliphatic rings. The van der Waals surface area contributed by atoms with Crippen LogP contribution in [0.3, 0.4) is 0 Å². The van der Waals surface area contributed by atoms with Crippen LogP contribution in [0.4, 0.5) is 5.69 Å². The zero-order valence-electron chi connectivity index (χ0n) is 13.8.